The average Bonchev–Trinajstić information content (AvgIpc) is 2.14. The van der Waals surface area contributed by atoms with Crippen LogP contribution in [0, 0.1) is 11.8 Å². The molecular weight excluding hydrogens is 172 g/mol. The molecule has 0 bridgehead atoms. The Kier molecular flexibility index (Phi) is 3.05. The highest BCUT2D eigenvalue weighted by Gasteiger charge is 2.30. The normalized spacial score (nSPS) is 34.1. The van der Waals surface area contributed by atoms with Gasteiger partial charge < -0.3 is 0 Å². The number of hydrogen-bond donors (Lipinski definition) is 0. The standard InChI is InChI=1S/C13H20O/c1-10-7-8-12-11(9-10)5-3-2-4-6-13(12)14/h7,11-12H,2-6,8-9H2,1H3/t11-,12-/m0/s1. The topological polar surface area (TPSA) is 17.1 Å². The van der Waals surface area contributed by atoms with Gasteiger partial charge in [-0.2, -0.15) is 0 Å². The van der Waals surface area contributed by atoms with Crippen molar-refractivity contribution in [1.82, 2.24) is 0 Å². The van der Waals surface area contributed by atoms with Crippen molar-refractivity contribution in [3.8, 4) is 0 Å². The van der Waals surface area contributed by atoms with Crippen LogP contribution in [0.4, 0.5) is 0 Å². The first kappa shape index (κ1) is 9.95. The lowest BCUT2D eigenvalue weighted by Crippen LogP contribution is -2.27. The lowest BCUT2D eigenvalue weighted by atomic mass is 9.73. The van der Waals surface area contributed by atoms with E-state index >= 15 is 0 Å². The molecule has 1 fully saturated rings. The Morgan fingerprint density at radius 3 is 3.00 bits per heavy atom. The highest BCUT2D eigenvalue weighted by Crippen LogP contribution is 2.36. The third-order valence-electron chi connectivity index (χ3n) is 3.79. The zero-order valence-electron chi connectivity index (χ0n) is 9.09. The van der Waals surface area contributed by atoms with Crippen LogP contribution in [0.5, 0.6) is 0 Å². The molecule has 2 atom stereocenters. The summed E-state index contributed by atoms with van der Waals surface area (Å²) in [6, 6.07) is 0. The van der Waals surface area contributed by atoms with E-state index in [-0.39, 0.29) is 0 Å². The summed E-state index contributed by atoms with van der Waals surface area (Å²) in [5.41, 5.74) is 1.50. The maximum absolute atomic E-state index is 11.9. The predicted octanol–water partition coefficient (Wildman–Crippen LogP) is 3.49. The van der Waals surface area contributed by atoms with Crippen LogP contribution in [0.2, 0.25) is 0 Å². The first-order chi connectivity index (χ1) is 6.77. The molecule has 0 radical (unpaired) electrons. The smallest absolute Gasteiger partial charge is 0.136 e. The molecule has 0 aromatic carbocycles. The maximum atomic E-state index is 11.9. The number of fused-ring (bicyclic) bond motifs is 1. The first-order valence-electron chi connectivity index (χ1n) is 5.95. The second-order valence-corrected chi connectivity index (χ2v) is 4.92. The minimum atomic E-state index is 0.374. The third kappa shape index (κ3) is 2.08. The molecule has 78 valence electrons. The summed E-state index contributed by atoms with van der Waals surface area (Å²) in [7, 11) is 0. The van der Waals surface area contributed by atoms with Crippen molar-refractivity contribution in [1.29, 1.82) is 0 Å². The van der Waals surface area contributed by atoms with Crippen LogP contribution in [0.25, 0.3) is 0 Å². The molecule has 0 aliphatic heterocycles. The van der Waals surface area contributed by atoms with Gasteiger partial charge in [0, 0.05) is 12.3 Å². The summed E-state index contributed by atoms with van der Waals surface area (Å²) < 4.78 is 0. The van der Waals surface area contributed by atoms with E-state index in [1.807, 2.05) is 0 Å². The molecule has 0 unspecified atom stereocenters. The van der Waals surface area contributed by atoms with Gasteiger partial charge in [0.25, 0.3) is 0 Å². The minimum Gasteiger partial charge on any atom is -0.299 e. The van der Waals surface area contributed by atoms with Crippen molar-refractivity contribution < 1.29 is 4.79 Å². The molecule has 1 nitrogen and oxygen atoms in total. The molecule has 0 N–H and O–H groups in total. The number of rotatable bonds is 0. The number of carbonyl (C=O) groups excluding carboxylic acids is 1. The van der Waals surface area contributed by atoms with Crippen LogP contribution in [0.1, 0.15) is 51.9 Å². The lowest BCUT2D eigenvalue weighted by Gasteiger charge is -2.31. The van der Waals surface area contributed by atoms with Crippen LogP contribution >= 0.6 is 0 Å². The summed E-state index contributed by atoms with van der Waals surface area (Å²) in [5.74, 6) is 1.59. The molecule has 1 saturated carbocycles. The second-order valence-electron chi connectivity index (χ2n) is 4.92. The van der Waals surface area contributed by atoms with E-state index in [1.54, 1.807) is 0 Å². The molecule has 14 heavy (non-hydrogen) atoms. The molecule has 1 heteroatoms. The van der Waals surface area contributed by atoms with Crippen LogP contribution in [-0.2, 0) is 4.79 Å². The van der Waals surface area contributed by atoms with Crippen molar-refractivity contribution in [2.75, 3.05) is 0 Å². The highest BCUT2D eigenvalue weighted by atomic mass is 16.1. The van der Waals surface area contributed by atoms with E-state index in [2.05, 4.69) is 13.0 Å². The van der Waals surface area contributed by atoms with Gasteiger partial charge in [0.05, 0.1) is 0 Å². The summed E-state index contributed by atoms with van der Waals surface area (Å²) in [4.78, 5) is 11.9. The number of allylic oxidation sites excluding steroid dienone is 2. The quantitative estimate of drug-likeness (QED) is 0.537. The molecule has 0 aromatic rings. The van der Waals surface area contributed by atoms with Crippen molar-refractivity contribution in [3.05, 3.63) is 11.6 Å². The molecule has 0 spiro atoms. The Hall–Kier alpha value is -0.590. The van der Waals surface area contributed by atoms with Gasteiger partial charge in [0.2, 0.25) is 0 Å². The Bertz CT molecular complexity index is 252. The molecule has 0 aromatic heterocycles. The van der Waals surface area contributed by atoms with Crippen molar-refractivity contribution in [2.45, 2.75) is 51.9 Å². The fourth-order valence-corrected chi connectivity index (χ4v) is 2.93. The van der Waals surface area contributed by atoms with Gasteiger partial charge in [-0.25, -0.2) is 0 Å². The Labute approximate surface area is 86.6 Å². The molecule has 0 amide bonds. The van der Waals surface area contributed by atoms with Gasteiger partial charge in [0.1, 0.15) is 5.78 Å². The summed E-state index contributed by atoms with van der Waals surface area (Å²) >= 11 is 0. The van der Waals surface area contributed by atoms with Gasteiger partial charge >= 0.3 is 0 Å². The summed E-state index contributed by atoms with van der Waals surface area (Å²) in [5, 5.41) is 0. The first-order valence-corrected chi connectivity index (χ1v) is 5.95. The van der Waals surface area contributed by atoms with Crippen LogP contribution in [0.15, 0.2) is 11.6 Å². The van der Waals surface area contributed by atoms with Crippen LogP contribution in [-0.4, -0.2) is 5.78 Å². The summed E-state index contributed by atoms with van der Waals surface area (Å²) in [6.45, 7) is 2.21. The third-order valence-corrected chi connectivity index (χ3v) is 3.79. The van der Waals surface area contributed by atoms with Gasteiger partial charge in [0.15, 0.2) is 0 Å². The Morgan fingerprint density at radius 2 is 2.14 bits per heavy atom. The summed E-state index contributed by atoms with van der Waals surface area (Å²) in [6.07, 6.45) is 10.3. The largest absolute Gasteiger partial charge is 0.299 e. The van der Waals surface area contributed by atoms with Gasteiger partial charge in [-0.3, -0.25) is 4.79 Å². The predicted molar refractivity (Wildman–Crippen MR) is 58.1 cm³/mol. The van der Waals surface area contributed by atoms with Crippen molar-refractivity contribution >= 4 is 5.78 Å². The molecule has 2 rings (SSSR count). The maximum Gasteiger partial charge on any atom is 0.136 e. The van der Waals surface area contributed by atoms with E-state index in [0.717, 1.165) is 19.3 Å². The molecule has 0 heterocycles. The monoisotopic (exact) mass is 192 g/mol. The molecule has 2 aliphatic carbocycles. The van der Waals surface area contributed by atoms with E-state index in [4.69, 9.17) is 0 Å². The Balaban J connectivity index is 2.10. The van der Waals surface area contributed by atoms with E-state index in [9.17, 15) is 4.79 Å². The zero-order chi connectivity index (χ0) is 9.97. The molecule has 0 saturated heterocycles. The van der Waals surface area contributed by atoms with Gasteiger partial charge in [-0.05, 0) is 38.5 Å². The zero-order valence-corrected chi connectivity index (χ0v) is 9.09. The Morgan fingerprint density at radius 1 is 1.29 bits per heavy atom. The fraction of sp³-hybridized carbons (Fsp3) is 0.769. The van der Waals surface area contributed by atoms with Gasteiger partial charge in [-0.15, -0.1) is 0 Å². The average molecular weight is 192 g/mol. The highest BCUT2D eigenvalue weighted by molar-refractivity contribution is 5.81. The number of hydrogen-bond acceptors (Lipinski definition) is 1. The number of Topliss-reactive ketones (excluding diaryl/α,β-unsaturated/α-hetero) is 1. The van der Waals surface area contributed by atoms with E-state index in [1.165, 1.54) is 31.3 Å². The van der Waals surface area contributed by atoms with Crippen molar-refractivity contribution in [3.63, 3.8) is 0 Å². The minimum absolute atomic E-state index is 0.374. The van der Waals surface area contributed by atoms with E-state index < -0.39 is 0 Å². The fourth-order valence-electron chi connectivity index (χ4n) is 2.93. The lowest BCUT2D eigenvalue weighted by molar-refractivity contribution is -0.125. The van der Waals surface area contributed by atoms with Crippen LogP contribution < -0.4 is 0 Å². The number of ketones is 1. The molecular formula is C13H20O. The van der Waals surface area contributed by atoms with Crippen molar-refractivity contribution in [2.24, 2.45) is 11.8 Å². The van der Waals surface area contributed by atoms with Gasteiger partial charge in [-0.1, -0.05) is 24.5 Å². The van der Waals surface area contributed by atoms with E-state index in [0.29, 0.717) is 17.6 Å². The SMILES string of the molecule is CC1=CC[C@@H]2C(=O)CCCCC[C@H]2C1. The van der Waals surface area contributed by atoms with Crippen LogP contribution in [0.3, 0.4) is 0 Å². The number of carbonyl (C=O) groups is 1. The second kappa shape index (κ2) is 4.29. The molecule has 2 aliphatic rings.